The number of nitrogens with one attached hydrogen (secondary N) is 1. The van der Waals surface area contributed by atoms with Crippen molar-refractivity contribution >= 4 is 18.0 Å². The minimum absolute atomic E-state index is 0.276. The summed E-state index contributed by atoms with van der Waals surface area (Å²) >= 11 is 0. The Hall–Kier alpha value is -2.30. The topological polar surface area (TPSA) is 64.6 Å². The van der Waals surface area contributed by atoms with Crippen LogP contribution in [-0.2, 0) is 14.3 Å². The van der Waals surface area contributed by atoms with Crippen molar-refractivity contribution in [3.63, 3.8) is 0 Å². The Morgan fingerprint density at radius 2 is 1.94 bits per heavy atom. The van der Waals surface area contributed by atoms with Crippen molar-refractivity contribution in [1.29, 1.82) is 0 Å². The Kier molecular flexibility index (Phi) is 5.44. The van der Waals surface area contributed by atoms with E-state index in [-0.39, 0.29) is 12.5 Å². The highest BCUT2D eigenvalue weighted by molar-refractivity contribution is 5.89. The first-order chi connectivity index (χ1) is 8.65. The van der Waals surface area contributed by atoms with Crippen LogP contribution >= 0.6 is 0 Å². The summed E-state index contributed by atoms with van der Waals surface area (Å²) in [5.74, 6) is -0.162. The number of carbonyl (C=O) groups excluding carboxylic acids is 2. The second-order valence-electron chi connectivity index (χ2n) is 3.39. The van der Waals surface area contributed by atoms with E-state index in [2.05, 4.69) is 5.32 Å². The molecule has 96 valence electrons. The van der Waals surface area contributed by atoms with Crippen molar-refractivity contribution in [2.24, 2.45) is 0 Å². The van der Waals surface area contributed by atoms with E-state index in [0.717, 1.165) is 11.3 Å². The van der Waals surface area contributed by atoms with Crippen LogP contribution in [0, 0.1) is 0 Å². The highest BCUT2D eigenvalue weighted by Gasteiger charge is 2.01. The van der Waals surface area contributed by atoms with Gasteiger partial charge in [0.1, 0.15) is 5.75 Å². The molecule has 0 spiro atoms. The molecule has 5 nitrogen and oxygen atoms in total. The zero-order valence-electron chi connectivity index (χ0n) is 10.3. The van der Waals surface area contributed by atoms with E-state index in [1.807, 2.05) is 0 Å². The number of methoxy groups -OCH3 is 1. The van der Waals surface area contributed by atoms with Gasteiger partial charge in [-0.05, 0) is 23.8 Å². The average molecular weight is 249 g/mol. The van der Waals surface area contributed by atoms with Gasteiger partial charge < -0.3 is 14.8 Å². The Balaban J connectivity index is 2.47. The lowest BCUT2D eigenvalue weighted by atomic mass is 10.2. The van der Waals surface area contributed by atoms with Gasteiger partial charge in [0, 0.05) is 13.1 Å². The molecular weight excluding hydrogens is 234 g/mol. The van der Waals surface area contributed by atoms with Crippen molar-refractivity contribution in [1.82, 2.24) is 5.32 Å². The maximum atomic E-state index is 11.2. The highest BCUT2D eigenvalue weighted by atomic mass is 16.5. The van der Waals surface area contributed by atoms with Crippen molar-refractivity contribution in [3.05, 3.63) is 35.9 Å². The average Bonchev–Trinajstić information content (AvgIpc) is 2.42. The fourth-order valence-electron chi connectivity index (χ4n) is 1.14. The molecule has 0 radical (unpaired) electrons. The van der Waals surface area contributed by atoms with E-state index >= 15 is 0 Å². The molecule has 1 aromatic rings. The second kappa shape index (κ2) is 7.11. The van der Waals surface area contributed by atoms with Crippen LogP contribution in [0.3, 0.4) is 0 Å². The van der Waals surface area contributed by atoms with Crippen LogP contribution in [0.4, 0.5) is 0 Å². The molecule has 0 aliphatic heterocycles. The molecule has 1 rings (SSSR count). The third-order valence-corrected chi connectivity index (χ3v) is 2.15. The first-order valence-electron chi connectivity index (χ1n) is 5.35. The van der Waals surface area contributed by atoms with Crippen LogP contribution in [0.2, 0.25) is 0 Å². The van der Waals surface area contributed by atoms with Crippen LogP contribution in [0.25, 0.3) is 6.08 Å². The molecule has 0 atom stereocenters. The smallest absolute Gasteiger partial charge is 0.331 e. The van der Waals surface area contributed by atoms with Crippen LogP contribution in [0.1, 0.15) is 5.56 Å². The minimum Gasteiger partial charge on any atom is -0.497 e. The molecule has 0 unspecified atom stereocenters. The van der Waals surface area contributed by atoms with E-state index in [9.17, 15) is 9.59 Å². The number of amides is 1. The summed E-state index contributed by atoms with van der Waals surface area (Å²) in [6.07, 6.45) is 2.87. The molecular formula is C13H15NO4. The molecule has 0 bridgehead atoms. The molecule has 0 aromatic heterocycles. The predicted molar refractivity (Wildman–Crippen MR) is 67.1 cm³/mol. The summed E-state index contributed by atoms with van der Waals surface area (Å²) in [7, 11) is 3.06. The van der Waals surface area contributed by atoms with E-state index in [1.54, 1.807) is 37.5 Å². The molecule has 0 heterocycles. The first-order valence-corrected chi connectivity index (χ1v) is 5.35. The standard InChI is InChI=1S/C13H15NO4/c1-14-12(15)9-18-13(16)8-5-10-3-6-11(17-2)7-4-10/h3-8H,9H2,1-2H3,(H,14,15)/b8-5+. The number of likely N-dealkylation sites (N-methyl/N-ethyl adjacent to an activating group) is 1. The van der Waals surface area contributed by atoms with Gasteiger partial charge in [-0.25, -0.2) is 4.79 Å². The van der Waals surface area contributed by atoms with E-state index in [4.69, 9.17) is 9.47 Å². The molecule has 18 heavy (non-hydrogen) atoms. The van der Waals surface area contributed by atoms with Crippen LogP contribution in [-0.4, -0.2) is 32.6 Å². The highest BCUT2D eigenvalue weighted by Crippen LogP contribution is 2.12. The Bertz CT molecular complexity index is 437. The van der Waals surface area contributed by atoms with Crippen molar-refractivity contribution in [3.8, 4) is 5.75 Å². The maximum Gasteiger partial charge on any atom is 0.331 e. The lowest BCUT2D eigenvalue weighted by molar-refractivity contribution is -0.143. The summed E-state index contributed by atoms with van der Waals surface area (Å²) < 4.78 is 9.71. The molecule has 1 amide bonds. The van der Waals surface area contributed by atoms with Gasteiger partial charge in [-0.1, -0.05) is 12.1 Å². The zero-order valence-corrected chi connectivity index (χ0v) is 10.3. The molecule has 1 N–H and O–H groups in total. The van der Waals surface area contributed by atoms with Gasteiger partial charge in [0.15, 0.2) is 6.61 Å². The minimum atomic E-state index is -0.561. The summed E-state index contributed by atoms with van der Waals surface area (Å²) in [5.41, 5.74) is 0.840. The number of hydrogen-bond donors (Lipinski definition) is 1. The van der Waals surface area contributed by atoms with E-state index < -0.39 is 5.97 Å². The van der Waals surface area contributed by atoms with E-state index in [0.29, 0.717) is 0 Å². The first kappa shape index (κ1) is 13.8. The summed E-state index contributed by atoms with van der Waals surface area (Å²) in [6.45, 7) is -0.276. The zero-order chi connectivity index (χ0) is 13.4. The predicted octanol–water partition coefficient (Wildman–Crippen LogP) is 0.998. The van der Waals surface area contributed by atoms with Gasteiger partial charge in [-0.3, -0.25) is 4.79 Å². The molecule has 0 aliphatic rings. The van der Waals surface area contributed by atoms with Crippen LogP contribution in [0.5, 0.6) is 5.75 Å². The second-order valence-corrected chi connectivity index (χ2v) is 3.39. The fourth-order valence-corrected chi connectivity index (χ4v) is 1.14. The molecule has 1 aromatic carbocycles. The summed E-state index contributed by atoms with van der Waals surface area (Å²) in [6, 6.07) is 7.19. The number of esters is 1. The molecule has 0 aliphatic carbocycles. The number of benzene rings is 1. The lowest BCUT2D eigenvalue weighted by Crippen LogP contribution is -2.24. The molecule has 0 fully saturated rings. The number of hydrogen-bond acceptors (Lipinski definition) is 4. The van der Waals surface area contributed by atoms with Gasteiger partial charge in [-0.2, -0.15) is 0 Å². The number of rotatable bonds is 5. The van der Waals surface area contributed by atoms with E-state index in [1.165, 1.54) is 13.1 Å². The largest absolute Gasteiger partial charge is 0.497 e. The van der Waals surface area contributed by atoms with Gasteiger partial charge in [0.05, 0.1) is 7.11 Å². The third-order valence-electron chi connectivity index (χ3n) is 2.15. The SMILES string of the molecule is CNC(=O)COC(=O)/C=C/c1ccc(OC)cc1. The molecule has 0 saturated carbocycles. The monoisotopic (exact) mass is 249 g/mol. The molecule has 5 heteroatoms. The summed E-state index contributed by atoms with van der Waals surface area (Å²) in [5, 5.41) is 2.35. The molecule has 0 saturated heterocycles. The van der Waals surface area contributed by atoms with Crippen molar-refractivity contribution in [2.75, 3.05) is 20.8 Å². The van der Waals surface area contributed by atoms with Crippen molar-refractivity contribution < 1.29 is 19.1 Å². The van der Waals surface area contributed by atoms with Gasteiger partial charge >= 0.3 is 5.97 Å². The van der Waals surface area contributed by atoms with Gasteiger partial charge in [0.2, 0.25) is 0 Å². The van der Waals surface area contributed by atoms with Crippen LogP contribution < -0.4 is 10.1 Å². The fraction of sp³-hybridized carbons (Fsp3) is 0.231. The van der Waals surface area contributed by atoms with Gasteiger partial charge in [-0.15, -0.1) is 0 Å². The van der Waals surface area contributed by atoms with Gasteiger partial charge in [0.25, 0.3) is 5.91 Å². The summed E-state index contributed by atoms with van der Waals surface area (Å²) in [4.78, 5) is 22.1. The Labute approximate surface area is 105 Å². The third kappa shape index (κ3) is 4.69. The Morgan fingerprint density at radius 3 is 2.50 bits per heavy atom. The van der Waals surface area contributed by atoms with Crippen molar-refractivity contribution in [2.45, 2.75) is 0 Å². The normalized spacial score (nSPS) is 10.1. The Morgan fingerprint density at radius 1 is 1.28 bits per heavy atom. The number of carbonyl (C=O) groups is 2. The lowest BCUT2D eigenvalue weighted by Gasteiger charge is -2.00. The number of ether oxygens (including phenoxy) is 2. The van der Waals surface area contributed by atoms with Crippen LogP contribution in [0.15, 0.2) is 30.3 Å². The quantitative estimate of drug-likeness (QED) is 0.624. The maximum absolute atomic E-state index is 11.2.